The Hall–Kier alpha value is -0.660. The average Bonchev–Trinajstić information content (AvgIpc) is 2.82. The SMILES string of the molecule is CC1OCCC1CNS(=O)(=O)c1ccc(Cl)c(CO)c1. The standard InChI is InChI=1S/C13H18ClNO4S/c1-9-10(4-5-19-9)7-15-20(17,18)12-2-3-13(14)11(6-12)8-16/h2-3,6,9-10,15-16H,4-5,7-8H2,1H3. The molecule has 0 amide bonds. The summed E-state index contributed by atoms with van der Waals surface area (Å²) in [6.45, 7) is 2.66. The van der Waals surface area contributed by atoms with E-state index in [1.165, 1.54) is 18.2 Å². The van der Waals surface area contributed by atoms with E-state index in [0.717, 1.165) is 6.42 Å². The molecule has 1 heterocycles. The van der Waals surface area contributed by atoms with Gasteiger partial charge in [-0.2, -0.15) is 0 Å². The molecular weight excluding hydrogens is 302 g/mol. The molecule has 2 N–H and O–H groups in total. The topological polar surface area (TPSA) is 75.6 Å². The van der Waals surface area contributed by atoms with Crippen molar-refractivity contribution in [3.8, 4) is 0 Å². The van der Waals surface area contributed by atoms with Gasteiger partial charge >= 0.3 is 0 Å². The van der Waals surface area contributed by atoms with Gasteiger partial charge in [0.15, 0.2) is 0 Å². The first-order valence-electron chi connectivity index (χ1n) is 6.44. The summed E-state index contributed by atoms with van der Waals surface area (Å²) in [5.74, 6) is 0.189. The van der Waals surface area contributed by atoms with E-state index in [0.29, 0.717) is 23.7 Å². The van der Waals surface area contributed by atoms with Gasteiger partial charge < -0.3 is 9.84 Å². The van der Waals surface area contributed by atoms with Gasteiger partial charge in [0.25, 0.3) is 0 Å². The zero-order valence-electron chi connectivity index (χ0n) is 11.2. The number of nitrogens with one attached hydrogen (secondary N) is 1. The second kappa shape index (κ2) is 6.41. The molecule has 2 unspecified atom stereocenters. The maximum absolute atomic E-state index is 12.2. The maximum atomic E-state index is 12.2. The molecule has 0 aromatic heterocycles. The van der Waals surface area contributed by atoms with Crippen LogP contribution in [0, 0.1) is 5.92 Å². The number of hydrogen-bond donors (Lipinski definition) is 2. The van der Waals surface area contributed by atoms with Gasteiger partial charge in [0, 0.05) is 24.1 Å². The summed E-state index contributed by atoms with van der Waals surface area (Å²) in [6, 6.07) is 4.29. The smallest absolute Gasteiger partial charge is 0.240 e. The predicted octanol–water partition coefficient (Wildman–Crippen LogP) is 1.54. The van der Waals surface area contributed by atoms with Crippen molar-refractivity contribution in [2.75, 3.05) is 13.2 Å². The Kier molecular flexibility index (Phi) is 5.04. The number of aliphatic hydroxyl groups is 1. The van der Waals surface area contributed by atoms with Crippen molar-refractivity contribution in [1.82, 2.24) is 4.72 Å². The summed E-state index contributed by atoms with van der Waals surface area (Å²) in [5.41, 5.74) is 0.395. The number of ether oxygens (including phenoxy) is 1. The van der Waals surface area contributed by atoms with Gasteiger partial charge in [-0.25, -0.2) is 13.1 Å². The van der Waals surface area contributed by atoms with Gasteiger partial charge in [-0.1, -0.05) is 11.6 Å². The highest BCUT2D eigenvalue weighted by Gasteiger charge is 2.26. The van der Waals surface area contributed by atoms with Crippen LogP contribution in [0.3, 0.4) is 0 Å². The number of rotatable bonds is 5. The molecule has 2 rings (SSSR count). The molecule has 1 aliphatic rings. The Bertz CT molecular complexity index is 576. The van der Waals surface area contributed by atoms with Crippen LogP contribution in [0.4, 0.5) is 0 Å². The second-order valence-corrected chi connectivity index (χ2v) is 7.06. The van der Waals surface area contributed by atoms with Crippen molar-refractivity contribution >= 4 is 21.6 Å². The number of halogens is 1. The van der Waals surface area contributed by atoms with Crippen LogP contribution < -0.4 is 4.72 Å². The molecule has 0 bridgehead atoms. The van der Waals surface area contributed by atoms with Crippen LogP contribution in [0.25, 0.3) is 0 Å². The van der Waals surface area contributed by atoms with Gasteiger partial charge in [-0.05, 0) is 37.1 Å². The molecule has 0 aliphatic carbocycles. The Balaban J connectivity index is 2.10. The van der Waals surface area contributed by atoms with E-state index >= 15 is 0 Å². The molecular formula is C13H18ClNO4S. The van der Waals surface area contributed by atoms with Crippen molar-refractivity contribution < 1.29 is 18.3 Å². The third-order valence-electron chi connectivity index (χ3n) is 3.57. The molecule has 20 heavy (non-hydrogen) atoms. The maximum Gasteiger partial charge on any atom is 0.240 e. The molecule has 1 fully saturated rings. The minimum Gasteiger partial charge on any atom is -0.392 e. The molecule has 7 heteroatoms. The number of sulfonamides is 1. The molecule has 1 aromatic rings. The third kappa shape index (κ3) is 3.51. The number of hydrogen-bond acceptors (Lipinski definition) is 4. The first-order chi connectivity index (χ1) is 9.44. The lowest BCUT2D eigenvalue weighted by molar-refractivity contribution is 0.107. The highest BCUT2D eigenvalue weighted by atomic mass is 35.5. The zero-order chi connectivity index (χ0) is 14.8. The lowest BCUT2D eigenvalue weighted by Gasteiger charge is -2.15. The van der Waals surface area contributed by atoms with E-state index in [2.05, 4.69) is 4.72 Å². The molecule has 5 nitrogen and oxygen atoms in total. The van der Waals surface area contributed by atoms with Gasteiger partial charge in [0.2, 0.25) is 10.0 Å². The van der Waals surface area contributed by atoms with Crippen LogP contribution in [0.2, 0.25) is 5.02 Å². The highest BCUT2D eigenvalue weighted by Crippen LogP contribution is 2.22. The van der Waals surface area contributed by atoms with Crippen molar-refractivity contribution in [3.63, 3.8) is 0 Å². The summed E-state index contributed by atoms with van der Waals surface area (Å²) in [4.78, 5) is 0.109. The Morgan fingerprint density at radius 1 is 1.50 bits per heavy atom. The lowest BCUT2D eigenvalue weighted by Crippen LogP contribution is -2.32. The second-order valence-electron chi connectivity index (χ2n) is 4.89. The molecule has 0 spiro atoms. The van der Waals surface area contributed by atoms with E-state index < -0.39 is 10.0 Å². The third-order valence-corrected chi connectivity index (χ3v) is 5.36. The van der Waals surface area contributed by atoms with E-state index in [1.807, 2.05) is 6.92 Å². The summed E-state index contributed by atoms with van der Waals surface area (Å²) in [7, 11) is -3.60. The van der Waals surface area contributed by atoms with Crippen molar-refractivity contribution in [2.45, 2.75) is 31.0 Å². The van der Waals surface area contributed by atoms with Crippen molar-refractivity contribution in [1.29, 1.82) is 0 Å². The van der Waals surface area contributed by atoms with E-state index in [1.54, 1.807) is 0 Å². The normalized spacial score (nSPS) is 23.1. The largest absolute Gasteiger partial charge is 0.392 e. The summed E-state index contributed by atoms with van der Waals surface area (Å²) < 4.78 is 32.4. The highest BCUT2D eigenvalue weighted by molar-refractivity contribution is 7.89. The lowest BCUT2D eigenvalue weighted by atomic mass is 10.0. The van der Waals surface area contributed by atoms with E-state index in [-0.39, 0.29) is 23.5 Å². The van der Waals surface area contributed by atoms with Gasteiger partial charge in [0.05, 0.1) is 17.6 Å². The quantitative estimate of drug-likeness (QED) is 0.863. The van der Waals surface area contributed by atoms with Crippen LogP contribution >= 0.6 is 11.6 Å². The van der Waals surface area contributed by atoms with Crippen molar-refractivity contribution in [3.05, 3.63) is 28.8 Å². The minimum atomic E-state index is -3.60. The monoisotopic (exact) mass is 319 g/mol. The Morgan fingerprint density at radius 3 is 2.85 bits per heavy atom. The molecule has 1 aliphatic heterocycles. The predicted molar refractivity (Wildman–Crippen MR) is 76.1 cm³/mol. The Morgan fingerprint density at radius 2 is 2.25 bits per heavy atom. The first-order valence-corrected chi connectivity index (χ1v) is 8.30. The first kappa shape index (κ1) is 15.7. The molecule has 1 saturated heterocycles. The fraction of sp³-hybridized carbons (Fsp3) is 0.538. The molecule has 1 aromatic carbocycles. The average molecular weight is 320 g/mol. The van der Waals surface area contributed by atoms with Crippen LogP contribution in [0.15, 0.2) is 23.1 Å². The number of benzene rings is 1. The zero-order valence-corrected chi connectivity index (χ0v) is 12.7. The van der Waals surface area contributed by atoms with Gasteiger partial charge in [0.1, 0.15) is 0 Å². The fourth-order valence-electron chi connectivity index (χ4n) is 2.18. The summed E-state index contributed by atoms with van der Waals surface area (Å²) in [6.07, 6.45) is 0.919. The van der Waals surface area contributed by atoms with Crippen LogP contribution in [0.1, 0.15) is 18.9 Å². The van der Waals surface area contributed by atoms with E-state index in [4.69, 9.17) is 21.4 Å². The van der Waals surface area contributed by atoms with Crippen LogP contribution in [-0.4, -0.2) is 32.8 Å². The van der Waals surface area contributed by atoms with Gasteiger partial charge in [-0.3, -0.25) is 0 Å². The summed E-state index contributed by atoms with van der Waals surface area (Å²) >= 11 is 5.85. The van der Waals surface area contributed by atoms with E-state index in [9.17, 15) is 8.42 Å². The molecule has 0 radical (unpaired) electrons. The summed E-state index contributed by atoms with van der Waals surface area (Å²) in [5, 5.41) is 9.48. The van der Waals surface area contributed by atoms with Crippen molar-refractivity contribution in [2.24, 2.45) is 5.92 Å². The van der Waals surface area contributed by atoms with Crippen LogP contribution in [-0.2, 0) is 21.4 Å². The Labute approximate surface area is 124 Å². The molecule has 112 valence electrons. The molecule has 0 saturated carbocycles. The van der Waals surface area contributed by atoms with Gasteiger partial charge in [-0.15, -0.1) is 0 Å². The fourth-order valence-corrected chi connectivity index (χ4v) is 3.51. The number of aliphatic hydroxyl groups excluding tert-OH is 1. The minimum absolute atomic E-state index is 0.0657. The van der Waals surface area contributed by atoms with Crippen LogP contribution in [0.5, 0.6) is 0 Å². The molecule has 2 atom stereocenters.